The molecular weight excluding hydrogens is 282 g/mol. The molecule has 0 aliphatic heterocycles. The molecule has 3 unspecified atom stereocenters. The Morgan fingerprint density at radius 2 is 1.90 bits per heavy atom. The minimum Gasteiger partial charge on any atom is -0.444 e. The number of aromatic nitrogens is 1. The van der Waals surface area contributed by atoms with Gasteiger partial charge in [0.15, 0.2) is 0 Å². The highest BCUT2D eigenvalue weighted by Crippen LogP contribution is 2.70. The van der Waals surface area contributed by atoms with Crippen molar-refractivity contribution in [3.63, 3.8) is 0 Å². The minimum absolute atomic E-state index is 0.134. The molecule has 5 rings (SSSR count). The second-order valence-corrected chi connectivity index (χ2v) is 9.74. The summed E-state index contributed by atoms with van der Waals surface area (Å²) >= 11 is 6.08. The van der Waals surface area contributed by atoms with E-state index in [0.717, 1.165) is 18.1 Å². The second-order valence-electron chi connectivity index (χ2n) is 9.09. The molecule has 21 heavy (non-hydrogen) atoms. The third kappa shape index (κ3) is 2.34. The Morgan fingerprint density at radius 1 is 1.24 bits per heavy atom. The zero-order valence-electron chi connectivity index (χ0n) is 13.4. The monoisotopic (exact) mass is 307 g/mol. The van der Waals surface area contributed by atoms with Gasteiger partial charge in [-0.05, 0) is 67.6 Å². The van der Waals surface area contributed by atoms with Gasteiger partial charge in [0.05, 0.1) is 6.20 Å². The van der Waals surface area contributed by atoms with E-state index in [9.17, 15) is 0 Å². The van der Waals surface area contributed by atoms with E-state index in [2.05, 4.69) is 18.8 Å². The Kier molecular flexibility index (Phi) is 2.88. The quantitative estimate of drug-likeness (QED) is 0.688. The fourth-order valence-electron chi connectivity index (χ4n) is 6.84. The van der Waals surface area contributed by atoms with E-state index in [0.29, 0.717) is 22.1 Å². The van der Waals surface area contributed by atoms with Crippen LogP contribution in [-0.4, -0.2) is 4.98 Å². The summed E-state index contributed by atoms with van der Waals surface area (Å²) in [5.41, 5.74) is 1.59. The Balaban J connectivity index is 1.62. The number of oxazole rings is 1. The van der Waals surface area contributed by atoms with Crippen molar-refractivity contribution in [1.29, 1.82) is 0 Å². The summed E-state index contributed by atoms with van der Waals surface area (Å²) in [7, 11) is 0. The summed E-state index contributed by atoms with van der Waals surface area (Å²) in [4.78, 5) is 4.35. The molecule has 1 aromatic rings. The molecule has 0 amide bonds. The topological polar surface area (TPSA) is 26.0 Å². The number of nitrogens with zero attached hydrogens (tertiary/aromatic N) is 1. The predicted molar refractivity (Wildman–Crippen MR) is 84.3 cm³/mol. The second kappa shape index (κ2) is 4.28. The van der Waals surface area contributed by atoms with Crippen LogP contribution in [0.4, 0.5) is 0 Å². The van der Waals surface area contributed by atoms with Gasteiger partial charge in [-0.15, -0.1) is 11.6 Å². The molecular formula is C18H26ClNO. The summed E-state index contributed by atoms with van der Waals surface area (Å²) in [5, 5.41) is -0.134. The molecule has 0 radical (unpaired) electrons. The van der Waals surface area contributed by atoms with Crippen LogP contribution in [-0.2, 0) is 6.42 Å². The van der Waals surface area contributed by atoms with Crippen LogP contribution in [0, 0.1) is 22.2 Å². The Hall–Kier alpha value is -0.500. The van der Waals surface area contributed by atoms with E-state index < -0.39 is 0 Å². The van der Waals surface area contributed by atoms with Gasteiger partial charge in [-0.25, -0.2) is 4.98 Å². The summed E-state index contributed by atoms with van der Waals surface area (Å²) < 4.78 is 5.91. The average Bonchev–Trinajstić information content (AvgIpc) is 2.71. The van der Waals surface area contributed by atoms with Gasteiger partial charge < -0.3 is 4.42 Å². The molecule has 116 valence electrons. The highest BCUT2D eigenvalue weighted by molar-refractivity contribution is 6.20. The van der Waals surface area contributed by atoms with Gasteiger partial charge in [-0.1, -0.05) is 13.8 Å². The summed E-state index contributed by atoms with van der Waals surface area (Å²) in [5.74, 6) is 2.66. The first-order chi connectivity index (χ1) is 9.79. The molecule has 2 nitrogen and oxygen atoms in total. The highest BCUT2D eigenvalue weighted by atomic mass is 35.5. The van der Waals surface area contributed by atoms with Crippen molar-refractivity contribution in [2.75, 3.05) is 0 Å². The van der Waals surface area contributed by atoms with Crippen molar-refractivity contribution in [3.05, 3.63) is 17.8 Å². The van der Waals surface area contributed by atoms with Gasteiger partial charge in [0, 0.05) is 6.42 Å². The number of rotatable bonds is 3. The molecule has 4 aliphatic rings. The molecule has 0 N–H and O–H groups in total. The van der Waals surface area contributed by atoms with Crippen LogP contribution in [0.2, 0.25) is 0 Å². The molecule has 4 fully saturated rings. The fraction of sp³-hybridized carbons (Fsp3) is 0.833. The van der Waals surface area contributed by atoms with Crippen molar-refractivity contribution in [2.24, 2.45) is 22.2 Å². The lowest BCUT2D eigenvalue weighted by molar-refractivity contribution is -0.145. The molecule has 1 aromatic heterocycles. The Bertz CT molecular complexity index is 545. The standard InChI is InChI=1S/C18H26ClNO/c1-12(19)15-20-8-14(21-15)7-18-6-13-4-16(2,10-18)9-17(3,5-13)11-18/h8,12-13H,4-7,9-11H2,1-3H3. The van der Waals surface area contributed by atoms with E-state index in [1.807, 2.05) is 13.1 Å². The van der Waals surface area contributed by atoms with E-state index in [-0.39, 0.29) is 5.38 Å². The number of halogens is 1. The van der Waals surface area contributed by atoms with E-state index in [1.54, 1.807) is 0 Å². The first-order valence-corrected chi connectivity index (χ1v) is 8.81. The largest absolute Gasteiger partial charge is 0.444 e. The normalized spacial score (nSPS) is 46.0. The number of hydrogen-bond acceptors (Lipinski definition) is 2. The Labute approximate surface area is 132 Å². The van der Waals surface area contributed by atoms with Gasteiger partial charge in [-0.2, -0.15) is 0 Å². The predicted octanol–water partition coefficient (Wildman–Crippen LogP) is 5.51. The zero-order valence-corrected chi connectivity index (χ0v) is 14.2. The molecule has 0 saturated heterocycles. The van der Waals surface area contributed by atoms with Crippen LogP contribution in [0.15, 0.2) is 10.6 Å². The van der Waals surface area contributed by atoms with Gasteiger partial charge in [0.2, 0.25) is 5.89 Å². The van der Waals surface area contributed by atoms with E-state index >= 15 is 0 Å². The van der Waals surface area contributed by atoms with Crippen LogP contribution in [0.25, 0.3) is 0 Å². The summed E-state index contributed by atoms with van der Waals surface area (Å²) in [6.45, 7) is 6.97. The summed E-state index contributed by atoms with van der Waals surface area (Å²) in [6, 6.07) is 0. The molecule has 3 heteroatoms. The third-order valence-electron chi connectivity index (χ3n) is 6.20. The first-order valence-electron chi connectivity index (χ1n) is 8.38. The smallest absolute Gasteiger partial charge is 0.212 e. The lowest BCUT2D eigenvalue weighted by atomic mass is 9.40. The van der Waals surface area contributed by atoms with Gasteiger partial charge in [0.1, 0.15) is 11.1 Å². The van der Waals surface area contributed by atoms with Crippen LogP contribution < -0.4 is 0 Å². The fourth-order valence-corrected chi connectivity index (χ4v) is 6.94. The first kappa shape index (κ1) is 14.1. The maximum Gasteiger partial charge on any atom is 0.212 e. The molecule has 0 spiro atoms. The van der Waals surface area contributed by atoms with Crippen molar-refractivity contribution in [1.82, 2.24) is 4.98 Å². The molecule has 4 bridgehead atoms. The molecule has 4 saturated carbocycles. The minimum atomic E-state index is -0.134. The van der Waals surface area contributed by atoms with E-state index in [1.165, 1.54) is 38.5 Å². The average molecular weight is 308 g/mol. The Morgan fingerprint density at radius 3 is 2.43 bits per heavy atom. The van der Waals surface area contributed by atoms with E-state index in [4.69, 9.17) is 16.0 Å². The van der Waals surface area contributed by atoms with Crippen molar-refractivity contribution in [2.45, 2.75) is 71.1 Å². The van der Waals surface area contributed by atoms with Gasteiger partial charge in [0.25, 0.3) is 0 Å². The van der Waals surface area contributed by atoms with Gasteiger partial charge >= 0.3 is 0 Å². The molecule has 0 aromatic carbocycles. The van der Waals surface area contributed by atoms with Crippen molar-refractivity contribution < 1.29 is 4.42 Å². The van der Waals surface area contributed by atoms with Crippen LogP contribution in [0.1, 0.15) is 76.3 Å². The van der Waals surface area contributed by atoms with Gasteiger partial charge in [-0.3, -0.25) is 0 Å². The molecule has 4 aliphatic carbocycles. The van der Waals surface area contributed by atoms with Crippen LogP contribution >= 0.6 is 11.6 Å². The SMILES string of the molecule is CC(Cl)c1ncc(CC23CC4CC(C)(CC(C)(C4)C2)C3)o1. The highest BCUT2D eigenvalue weighted by Gasteiger charge is 2.60. The maximum atomic E-state index is 6.08. The summed E-state index contributed by atoms with van der Waals surface area (Å²) in [6.07, 6.45) is 11.4. The van der Waals surface area contributed by atoms with Crippen molar-refractivity contribution >= 4 is 11.6 Å². The number of hydrogen-bond donors (Lipinski definition) is 0. The molecule has 3 atom stereocenters. The lowest BCUT2D eigenvalue weighted by Crippen LogP contribution is -2.55. The number of alkyl halides is 1. The van der Waals surface area contributed by atoms with Crippen LogP contribution in [0.3, 0.4) is 0 Å². The lowest BCUT2D eigenvalue weighted by Gasteiger charge is -2.65. The maximum absolute atomic E-state index is 6.08. The van der Waals surface area contributed by atoms with Crippen molar-refractivity contribution in [3.8, 4) is 0 Å². The zero-order chi connectivity index (χ0) is 14.9. The molecule has 1 heterocycles. The van der Waals surface area contributed by atoms with Crippen LogP contribution in [0.5, 0.6) is 0 Å². The third-order valence-corrected chi connectivity index (χ3v) is 6.39.